The van der Waals surface area contributed by atoms with Crippen molar-refractivity contribution in [2.75, 3.05) is 33.4 Å². The van der Waals surface area contributed by atoms with Crippen molar-refractivity contribution in [2.45, 2.75) is 32.6 Å². The molecule has 1 saturated heterocycles. The number of likely N-dealkylation sites (tertiary alicyclic amines) is 1. The summed E-state index contributed by atoms with van der Waals surface area (Å²) in [4.78, 5) is 29.5. The molecule has 134 valence electrons. The molecule has 1 aromatic rings. The molecule has 0 spiro atoms. The molecule has 0 radical (unpaired) electrons. The summed E-state index contributed by atoms with van der Waals surface area (Å²) in [6, 6.07) is 7.86. The molecule has 0 saturated carbocycles. The van der Waals surface area contributed by atoms with Gasteiger partial charge in [-0.2, -0.15) is 0 Å². The second-order valence-electron chi connectivity index (χ2n) is 6.75. The molecule has 0 N–H and O–H groups in total. The summed E-state index contributed by atoms with van der Waals surface area (Å²) in [7, 11) is 1.63. The number of piperidine rings is 1. The first kappa shape index (κ1) is 17.7. The van der Waals surface area contributed by atoms with E-state index in [1.54, 1.807) is 7.11 Å². The van der Waals surface area contributed by atoms with Gasteiger partial charge in [0.1, 0.15) is 5.70 Å². The van der Waals surface area contributed by atoms with Crippen LogP contribution in [-0.2, 0) is 14.3 Å². The van der Waals surface area contributed by atoms with Crippen LogP contribution in [0.3, 0.4) is 0 Å². The SMILES string of the molecule is COCCCN1C(=O)C(c2ccc(C)cc2)=C(N2CCCCC2)C1=O. The van der Waals surface area contributed by atoms with Gasteiger partial charge in [-0.25, -0.2) is 0 Å². The maximum Gasteiger partial charge on any atom is 0.277 e. The number of imide groups is 1. The fourth-order valence-electron chi connectivity index (χ4n) is 3.52. The van der Waals surface area contributed by atoms with Gasteiger partial charge in [0.15, 0.2) is 0 Å². The molecule has 25 heavy (non-hydrogen) atoms. The van der Waals surface area contributed by atoms with E-state index in [2.05, 4.69) is 4.90 Å². The lowest BCUT2D eigenvalue weighted by atomic mass is 10.0. The average Bonchev–Trinajstić information content (AvgIpc) is 2.88. The molecule has 0 unspecified atom stereocenters. The van der Waals surface area contributed by atoms with E-state index in [1.165, 1.54) is 11.3 Å². The molecule has 5 heteroatoms. The van der Waals surface area contributed by atoms with Crippen LogP contribution < -0.4 is 0 Å². The third-order valence-corrected chi connectivity index (χ3v) is 4.89. The van der Waals surface area contributed by atoms with Gasteiger partial charge in [0, 0.05) is 33.4 Å². The van der Waals surface area contributed by atoms with E-state index >= 15 is 0 Å². The smallest absolute Gasteiger partial charge is 0.277 e. The fraction of sp³-hybridized carbons (Fsp3) is 0.500. The summed E-state index contributed by atoms with van der Waals surface area (Å²) in [5, 5.41) is 0. The van der Waals surface area contributed by atoms with Crippen molar-refractivity contribution in [2.24, 2.45) is 0 Å². The standard InChI is InChI=1S/C20H26N2O3/c1-15-7-9-16(10-8-15)17-18(21-11-4-3-5-12-21)20(24)22(19(17)23)13-6-14-25-2/h7-10H,3-6,11-14H2,1-2H3. The highest BCUT2D eigenvalue weighted by molar-refractivity contribution is 6.35. The fourth-order valence-corrected chi connectivity index (χ4v) is 3.52. The highest BCUT2D eigenvalue weighted by Gasteiger charge is 2.41. The molecule has 0 atom stereocenters. The van der Waals surface area contributed by atoms with Crippen LogP contribution in [0.2, 0.25) is 0 Å². The zero-order chi connectivity index (χ0) is 17.8. The normalized spacial score (nSPS) is 18.5. The second-order valence-corrected chi connectivity index (χ2v) is 6.75. The minimum Gasteiger partial charge on any atom is -0.385 e. The van der Waals surface area contributed by atoms with Crippen LogP contribution in [0.15, 0.2) is 30.0 Å². The highest BCUT2D eigenvalue weighted by atomic mass is 16.5. The van der Waals surface area contributed by atoms with Crippen molar-refractivity contribution in [1.29, 1.82) is 0 Å². The molecule has 0 aliphatic carbocycles. The summed E-state index contributed by atoms with van der Waals surface area (Å²) in [5.74, 6) is -0.330. The number of carbonyl (C=O) groups excluding carboxylic acids is 2. The molecular formula is C20H26N2O3. The first-order valence-electron chi connectivity index (χ1n) is 9.05. The Kier molecular flexibility index (Phi) is 5.53. The highest BCUT2D eigenvalue weighted by Crippen LogP contribution is 2.33. The van der Waals surface area contributed by atoms with Crippen LogP contribution in [0, 0.1) is 6.92 Å². The molecule has 2 amide bonds. The van der Waals surface area contributed by atoms with Gasteiger partial charge in [-0.05, 0) is 38.2 Å². The van der Waals surface area contributed by atoms with E-state index in [1.807, 2.05) is 31.2 Å². The Morgan fingerprint density at radius 1 is 1.00 bits per heavy atom. The Morgan fingerprint density at radius 3 is 2.32 bits per heavy atom. The molecule has 1 aromatic carbocycles. The van der Waals surface area contributed by atoms with E-state index in [0.29, 0.717) is 30.8 Å². The number of nitrogens with zero attached hydrogens (tertiary/aromatic N) is 2. The summed E-state index contributed by atoms with van der Waals surface area (Å²) in [5.41, 5.74) is 3.12. The Morgan fingerprint density at radius 2 is 1.68 bits per heavy atom. The van der Waals surface area contributed by atoms with Crippen LogP contribution in [0.1, 0.15) is 36.8 Å². The monoisotopic (exact) mass is 342 g/mol. The zero-order valence-electron chi connectivity index (χ0n) is 15.1. The third kappa shape index (κ3) is 3.61. The maximum atomic E-state index is 13.0. The predicted molar refractivity (Wildman–Crippen MR) is 96.7 cm³/mol. The zero-order valence-corrected chi connectivity index (χ0v) is 15.1. The molecule has 2 aliphatic rings. The van der Waals surface area contributed by atoms with E-state index in [4.69, 9.17) is 4.74 Å². The maximum absolute atomic E-state index is 13.0. The molecule has 1 fully saturated rings. The number of hydrogen-bond acceptors (Lipinski definition) is 4. The second kappa shape index (κ2) is 7.83. The summed E-state index contributed by atoms with van der Waals surface area (Å²) in [6.07, 6.45) is 3.97. The van der Waals surface area contributed by atoms with Gasteiger partial charge in [-0.3, -0.25) is 14.5 Å². The van der Waals surface area contributed by atoms with Crippen LogP contribution in [-0.4, -0.2) is 55.0 Å². The third-order valence-electron chi connectivity index (χ3n) is 4.89. The van der Waals surface area contributed by atoms with Crippen molar-refractivity contribution in [1.82, 2.24) is 9.80 Å². The topological polar surface area (TPSA) is 49.9 Å². The van der Waals surface area contributed by atoms with Crippen molar-refractivity contribution in [3.05, 3.63) is 41.1 Å². The molecule has 2 aliphatic heterocycles. The van der Waals surface area contributed by atoms with Gasteiger partial charge in [0.05, 0.1) is 5.57 Å². The molecule has 0 aromatic heterocycles. The number of carbonyl (C=O) groups is 2. The first-order valence-corrected chi connectivity index (χ1v) is 9.05. The predicted octanol–water partition coefficient (Wildman–Crippen LogP) is 2.60. The van der Waals surface area contributed by atoms with Gasteiger partial charge < -0.3 is 9.64 Å². The number of aryl methyl sites for hydroxylation is 1. The molecule has 5 nitrogen and oxygen atoms in total. The van der Waals surface area contributed by atoms with Crippen LogP contribution in [0.4, 0.5) is 0 Å². The van der Waals surface area contributed by atoms with Gasteiger partial charge in [-0.15, -0.1) is 0 Å². The lowest BCUT2D eigenvalue weighted by molar-refractivity contribution is -0.137. The number of hydrogen-bond donors (Lipinski definition) is 0. The lowest BCUT2D eigenvalue weighted by Crippen LogP contribution is -2.37. The number of benzene rings is 1. The summed E-state index contributed by atoms with van der Waals surface area (Å²) in [6.45, 7) is 4.64. The quantitative estimate of drug-likeness (QED) is 0.589. The Hall–Kier alpha value is -2.14. The van der Waals surface area contributed by atoms with E-state index in [-0.39, 0.29) is 11.8 Å². The minimum absolute atomic E-state index is 0.154. The number of methoxy groups -OCH3 is 1. The van der Waals surface area contributed by atoms with Gasteiger partial charge >= 0.3 is 0 Å². The van der Waals surface area contributed by atoms with Gasteiger partial charge in [0.25, 0.3) is 11.8 Å². The molecule has 2 heterocycles. The van der Waals surface area contributed by atoms with Crippen LogP contribution in [0.25, 0.3) is 5.57 Å². The summed E-state index contributed by atoms with van der Waals surface area (Å²) < 4.78 is 5.07. The van der Waals surface area contributed by atoms with Gasteiger partial charge in [-0.1, -0.05) is 29.8 Å². The number of amides is 2. The van der Waals surface area contributed by atoms with Crippen molar-refractivity contribution in [3.8, 4) is 0 Å². The van der Waals surface area contributed by atoms with E-state index < -0.39 is 0 Å². The van der Waals surface area contributed by atoms with Crippen LogP contribution >= 0.6 is 0 Å². The molecular weight excluding hydrogens is 316 g/mol. The van der Waals surface area contributed by atoms with E-state index in [0.717, 1.165) is 37.1 Å². The Labute approximate surface area is 149 Å². The number of ether oxygens (including phenoxy) is 1. The number of rotatable bonds is 6. The largest absolute Gasteiger partial charge is 0.385 e. The molecule has 3 rings (SSSR count). The Bertz CT molecular complexity index is 673. The first-order chi connectivity index (χ1) is 12.1. The van der Waals surface area contributed by atoms with Crippen molar-refractivity contribution < 1.29 is 14.3 Å². The lowest BCUT2D eigenvalue weighted by Gasteiger charge is -2.29. The van der Waals surface area contributed by atoms with Crippen molar-refractivity contribution >= 4 is 17.4 Å². The minimum atomic E-state index is -0.175. The Balaban J connectivity index is 1.96. The summed E-state index contributed by atoms with van der Waals surface area (Å²) >= 11 is 0. The van der Waals surface area contributed by atoms with Gasteiger partial charge in [0.2, 0.25) is 0 Å². The molecule has 0 bridgehead atoms. The average molecular weight is 342 g/mol. The van der Waals surface area contributed by atoms with Crippen LogP contribution in [0.5, 0.6) is 0 Å². The van der Waals surface area contributed by atoms with Crippen molar-refractivity contribution in [3.63, 3.8) is 0 Å². The van der Waals surface area contributed by atoms with E-state index in [9.17, 15) is 9.59 Å².